The Hall–Kier alpha value is -2.36. The van der Waals surface area contributed by atoms with E-state index in [1.165, 1.54) is 10.1 Å². The van der Waals surface area contributed by atoms with Crippen LogP contribution in [0.2, 0.25) is 0 Å². The van der Waals surface area contributed by atoms with Crippen LogP contribution in [0.4, 0.5) is 5.69 Å². The Kier molecular flexibility index (Phi) is 4.81. The number of nitrogens with zero attached hydrogens (tertiary/aromatic N) is 1. The summed E-state index contributed by atoms with van der Waals surface area (Å²) in [5, 5.41) is 2.78. The highest BCUT2D eigenvalue weighted by Gasteiger charge is 2.16. The molecule has 22 heavy (non-hydrogen) atoms. The van der Waals surface area contributed by atoms with Crippen LogP contribution in [-0.4, -0.2) is 10.5 Å². The molecule has 0 radical (unpaired) electrons. The maximum Gasteiger partial charge on any atom is 0.274 e. The van der Waals surface area contributed by atoms with Crippen molar-refractivity contribution in [3.05, 3.63) is 63.6 Å². The number of pyridine rings is 1. The van der Waals surface area contributed by atoms with Crippen LogP contribution in [0.5, 0.6) is 0 Å². The summed E-state index contributed by atoms with van der Waals surface area (Å²) in [6.07, 6.45) is 2.35. The molecular weight excluding hydrogens is 276 g/mol. The first-order valence-corrected chi connectivity index (χ1v) is 7.41. The van der Waals surface area contributed by atoms with Crippen molar-refractivity contribution in [3.8, 4) is 0 Å². The fraction of sp³-hybridized carbons (Fsp3) is 0.333. The molecule has 0 aliphatic carbocycles. The van der Waals surface area contributed by atoms with Crippen molar-refractivity contribution in [3.63, 3.8) is 0 Å². The van der Waals surface area contributed by atoms with Gasteiger partial charge in [0.25, 0.3) is 5.56 Å². The summed E-state index contributed by atoms with van der Waals surface area (Å²) < 4.78 is 1.47. The molecule has 1 aromatic heterocycles. The van der Waals surface area contributed by atoms with Crippen molar-refractivity contribution in [1.29, 1.82) is 0 Å². The number of carbonyl (C=O) groups is 1. The Bertz CT molecular complexity index is 730. The molecule has 0 aliphatic heterocycles. The highest BCUT2D eigenvalue weighted by Crippen LogP contribution is 2.13. The minimum absolute atomic E-state index is 0.132. The van der Waals surface area contributed by atoms with E-state index in [4.69, 9.17) is 0 Å². The van der Waals surface area contributed by atoms with Crippen molar-refractivity contribution >= 4 is 11.6 Å². The second-order valence-corrected chi connectivity index (χ2v) is 5.87. The summed E-state index contributed by atoms with van der Waals surface area (Å²) in [5.41, 5.74) is 3.27. The first-order valence-electron chi connectivity index (χ1n) is 7.41. The number of hydrogen-bond donors (Lipinski definition) is 1. The lowest BCUT2D eigenvalue weighted by Crippen LogP contribution is -2.28. The van der Waals surface area contributed by atoms with Crippen LogP contribution in [0.25, 0.3) is 0 Å². The van der Waals surface area contributed by atoms with Gasteiger partial charge in [-0.15, -0.1) is 0 Å². The third kappa shape index (κ3) is 3.64. The van der Waals surface area contributed by atoms with Crippen LogP contribution >= 0.6 is 0 Å². The van der Waals surface area contributed by atoms with E-state index >= 15 is 0 Å². The number of carbonyl (C=O) groups excluding carboxylic acids is 1. The highest BCUT2D eigenvalue weighted by atomic mass is 16.2. The molecule has 4 heteroatoms. The molecule has 0 aliphatic rings. The molecular formula is C18H22N2O2. The van der Waals surface area contributed by atoms with Crippen LogP contribution < -0.4 is 10.9 Å². The smallest absolute Gasteiger partial charge is 0.274 e. The topological polar surface area (TPSA) is 51.1 Å². The zero-order chi connectivity index (χ0) is 16.3. The van der Waals surface area contributed by atoms with E-state index in [1.807, 2.05) is 51.1 Å². The van der Waals surface area contributed by atoms with Gasteiger partial charge in [0.05, 0.1) is 0 Å². The molecule has 2 aromatic rings. The van der Waals surface area contributed by atoms with Crippen LogP contribution in [0.3, 0.4) is 0 Å². The number of benzene rings is 1. The Morgan fingerprint density at radius 3 is 2.45 bits per heavy atom. The van der Waals surface area contributed by atoms with Gasteiger partial charge in [-0.2, -0.15) is 0 Å². The Morgan fingerprint density at radius 2 is 1.82 bits per heavy atom. The van der Waals surface area contributed by atoms with Gasteiger partial charge in [-0.25, -0.2) is 0 Å². The summed E-state index contributed by atoms with van der Waals surface area (Å²) in [6, 6.07) is 9.97. The van der Waals surface area contributed by atoms with Crippen LogP contribution in [0.1, 0.15) is 23.6 Å². The highest BCUT2D eigenvalue weighted by molar-refractivity contribution is 5.92. The molecule has 1 heterocycles. The second-order valence-electron chi connectivity index (χ2n) is 5.87. The summed E-state index contributed by atoms with van der Waals surface area (Å²) in [6.45, 7) is 5.73. The number of rotatable bonds is 4. The van der Waals surface area contributed by atoms with Gasteiger partial charge in [-0.1, -0.05) is 36.8 Å². The molecule has 1 unspecified atom stereocenters. The summed E-state index contributed by atoms with van der Waals surface area (Å²) >= 11 is 0. The summed E-state index contributed by atoms with van der Waals surface area (Å²) in [5.74, 6) is -0.334. The number of anilines is 1. The number of hydrogen-bond acceptors (Lipinski definition) is 2. The minimum atomic E-state index is -0.202. The van der Waals surface area contributed by atoms with E-state index in [9.17, 15) is 9.59 Å². The van der Waals surface area contributed by atoms with E-state index in [0.717, 1.165) is 11.1 Å². The van der Waals surface area contributed by atoms with Gasteiger partial charge < -0.3 is 9.88 Å². The van der Waals surface area contributed by atoms with Gasteiger partial charge in [-0.3, -0.25) is 9.59 Å². The third-order valence-corrected chi connectivity index (χ3v) is 3.83. The second kappa shape index (κ2) is 6.60. The Labute approximate surface area is 130 Å². The van der Waals surface area contributed by atoms with Gasteiger partial charge in [-0.05, 0) is 37.5 Å². The lowest BCUT2D eigenvalue weighted by atomic mass is 9.99. The predicted molar refractivity (Wildman–Crippen MR) is 89.1 cm³/mol. The van der Waals surface area contributed by atoms with Crippen LogP contribution in [0.15, 0.2) is 41.3 Å². The molecule has 0 saturated heterocycles. The average Bonchev–Trinajstić information content (AvgIpc) is 2.49. The first-order chi connectivity index (χ1) is 10.4. The largest absolute Gasteiger partial charge is 0.321 e. The fourth-order valence-corrected chi connectivity index (χ4v) is 2.29. The number of nitrogens with one attached hydrogen (secondary N) is 1. The zero-order valence-corrected chi connectivity index (χ0v) is 13.5. The molecule has 0 spiro atoms. The molecule has 1 aromatic carbocycles. The lowest BCUT2D eigenvalue weighted by Gasteiger charge is -2.14. The standard InChI is InChI=1S/C18H22N2O2/c1-12-5-7-15(8-6-12)11-14(3)17(21)19-16-13(2)9-10-20(4)18(16)22/h5-10,14H,11H2,1-4H3,(H,19,21). The average molecular weight is 298 g/mol. The van der Waals surface area contributed by atoms with Gasteiger partial charge in [0.1, 0.15) is 5.69 Å². The van der Waals surface area contributed by atoms with Crippen molar-refractivity contribution < 1.29 is 4.79 Å². The van der Waals surface area contributed by atoms with Crippen molar-refractivity contribution in [2.24, 2.45) is 13.0 Å². The van der Waals surface area contributed by atoms with E-state index in [-0.39, 0.29) is 17.4 Å². The number of aromatic nitrogens is 1. The van der Waals surface area contributed by atoms with E-state index < -0.39 is 0 Å². The summed E-state index contributed by atoms with van der Waals surface area (Å²) in [7, 11) is 1.67. The number of amides is 1. The van der Waals surface area contributed by atoms with Crippen LogP contribution in [0, 0.1) is 19.8 Å². The monoisotopic (exact) mass is 298 g/mol. The minimum Gasteiger partial charge on any atom is -0.321 e. The van der Waals surface area contributed by atoms with Crippen molar-refractivity contribution in [2.75, 3.05) is 5.32 Å². The first kappa shape index (κ1) is 16.0. The Morgan fingerprint density at radius 1 is 1.18 bits per heavy atom. The molecule has 1 amide bonds. The molecule has 0 bridgehead atoms. The van der Waals surface area contributed by atoms with Crippen molar-refractivity contribution in [1.82, 2.24) is 4.57 Å². The third-order valence-electron chi connectivity index (χ3n) is 3.83. The fourth-order valence-electron chi connectivity index (χ4n) is 2.29. The van der Waals surface area contributed by atoms with Crippen molar-refractivity contribution in [2.45, 2.75) is 27.2 Å². The van der Waals surface area contributed by atoms with E-state index in [0.29, 0.717) is 12.1 Å². The van der Waals surface area contributed by atoms with Crippen LogP contribution in [-0.2, 0) is 18.3 Å². The van der Waals surface area contributed by atoms with Gasteiger partial charge in [0.2, 0.25) is 5.91 Å². The van der Waals surface area contributed by atoms with Gasteiger partial charge in [0, 0.05) is 19.2 Å². The Balaban J connectivity index is 2.10. The zero-order valence-electron chi connectivity index (χ0n) is 13.5. The van der Waals surface area contributed by atoms with E-state index in [2.05, 4.69) is 5.32 Å². The molecule has 4 nitrogen and oxygen atoms in total. The molecule has 0 saturated carbocycles. The summed E-state index contributed by atoms with van der Waals surface area (Å²) in [4.78, 5) is 24.4. The van der Waals surface area contributed by atoms with E-state index in [1.54, 1.807) is 13.2 Å². The lowest BCUT2D eigenvalue weighted by molar-refractivity contribution is -0.119. The SMILES string of the molecule is Cc1ccc(CC(C)C(=O)Nc2c(C)ccn(C)c2=O)cc1. The number of aryl methyl sites for hydroxylation is 3. The maximum atomic E-state index is 12.3. The van der Waals surface area contributed by atoms with Gasteiger partial charge in [0.15, 0.2) is 0 Å². The molecule has 1 N–H and O–H groups in total. The van der Waals surface area contributed by atoms with Gasteiger partial charge >= 0.3 is 0 Å². The predicted octanol–water partition coefficient (Wildman–Crippen LogP) is 2.82. The normalized spacial score (nSPS) is 12.0. The molecule has 0 fully saturated rings. The maximum absolute atomic E-state index is 12.3. The molecule has 2 rings (SSSR count). The molecule has 116 valence electrons. The quantitative estimate of drug-likeness (QED) is 0.943. The molecule has 1 atom stereocenters.